The fourth-order valence-electron chi connectivity index (χ4n) is 1.05. The van der Waals surface area contributed by atoms with Crippen molar-refractivity contribution in [1.82, 2.24) is 0 Å². The molecule has 0 atom stereocenters. The van der Waals surface area contributed by atoms with Gasteiger partial charge in [0.25, 0.3) is 0 Å². The molecule has 0 heterocycles. The zero-order valence-electron chi connectivity index (χ0n) is 8.86. The molecule has 0 N–H and O–H groups in total. The van der Waals surface area contributed by atoms with Crippen LogP contribution >= 0.6 is 11.8 Å². The molecule has 0 saturated carbocycles. The first kappa shape index (κ1) is 11.9. The van der Waals surface area contributed by atoms with Gasteiger partial charge in [0.05, 0.1) is 20.1 Å². The van der Waals surface area contributed by atoms with Crippen molar-refractivity contribution in [3.63, 3.8) is 0 Å². The quantitative estimate of drug-likeness (QED) is 0.570. The molecule has 0 bridgehead atoms. The lowest BCUT2D eigenvalue weighted by molar-refractivity contribution is -0.141. The number of ether oxygens (including phenoxy) is 2. The zero-order valence-corrected chi connectivity index (χ0v) is 9.67. The van der Waals surface area contributed by atoms with Gasteiger partial charge in [0.2, 0.25) is 0 Å². The van der Waals surface area contributed by atoms with Crippen LogP contribution in [-0.2, 0) is 9.53 Å². The summed E-state index contributed by atoms with van der Waals surface area (Å²) in [6.07, 6.45) is 2.29. The minimum Gasteiger partial charge on any atom is -0.493 e. The average Bonchev–Trinajstić information content (AvgIpc) is 2.29. The summed E-state index contributed by atoms with van der Waals surface area (Å²) in [7, 11) is 1.37. The number of thioether (sulfide) groups is 1. The van der Waals surface area contributed by atoms with Gasteiger partial charge in [0, 0.05) is 4.90 Å². The molecule has 0 unspecified atom stereocenters. The molecule has 15 heavy (non-hydrogen) atoms. The molecule has 0 fully saturated rings. The lowest BCUT2D eigenvalue weighted by Crippen LogP contribution is -2.07. The first-order valence-electron chi connectivity index (χ1n) is 4.60. The van der Waals surface area contributed by atoms with E-state index >= 15 is 0 Å². The molecule has 0 spiro atoms. The van der Waals surface area contributed by atoms with Gasteiger partial charge in [-0.15, -0.1) is 11.8 Å². The summed E-state index contributed by atoms with van der Waals surface area (Å²) in [5, 5.41) is 0. The van der Waals surface area contributed by atoms with Crippen LogP contribution in [-0.4, -0.2) is 25.9 Å². The third-order valence-corrected chi connectivity index (χ3v) is 2.57. The SMILES string of the molecule is COC(=O)CCOc1cccc(SC)c1. The Morgan fingerprint density at radius 2 is 2.27 bits per heavy atom. The van der Waals surface area contributed by atoms with Crippen LogP contribution in [0.1, 0.15) is 6.42 Å². The van der Waals surface area contributed by atoms with Gasteiger partial charge in [0.1, 0.15) is 5.75 Å². The maximum absolute atomic E-state index is 10.8. The van der Waals surface area contributed by atoms with Gasteiger partial charge in [-0.1, -0.05) is 6.07 Å². The van der Waals surface area contributed by atoms with Gasteiger partial charge in [-0.05, 0) is 24.5 Å². The summed E-state index contributed by atoms with van der Waals surface area (Å²) in [5.74, 6) is 0.529. The molecule has 0 radical (unpaired) electrons. The molecule has 1 aromatic carbocycles. The fraction of sp³-hybridized carbons (Fsp3) is 0.364. The van der Waals surface area contributed by atoms with E-state index in [0.29, 0.717) is 6.61 Å². The Bertz CT molecular complexity index is 325. The van der Waals surface area contributed by atoms with Gasteiger partial charge >= 0.3 is 5.97 Å². The van der Waals surface area contributed by atoms with Crippen molar-refractivity contribution in [2.45, 2.75) is 11.3 Å². The number of hydrogen-bond acceptors (Lipinski definition) is 4. The minimum absolute atomic E-state index is 0.254. The van der Waals surface area contributed by atoms with Gasteiger partial charge in [-0.25, -0.2) is 0 Å². The lowest BCUT2D eigenvalue weighted by Gasteiger charge is -2.06. The van der Waals surface area contributed by atoms with E-state index in [2.05, 4.69) is 4.74 Å². The van der Waals surface area contributed by atoms with E-state index in [1.807, 2.05) is 30.5 Å². The van der Waals surface area contributed by atoms with Crippen LogP contribution in [0.4, 0.5) is 0 Å². The van der Waals surface area contributed by atoms with E-state index in [0.717, 1.165) is 10.6 Å². The highest BCUT2D eigenvalue weighted by atomic mass is 32.2. The van der Waals surface area contributed by atoms with E-state index in [-0.39, 0.29) is 12.4 Å². The number of methoxy groups -OCH3 is 1. The molecule has 1 aromatic rings. The van der Waals surface area contributed by atoms with Crippen LogP contribution in [0, 0.1) is 0 Å². The summed E-state index contributed by atoms with van der Waals surface area (Å²) >= 11 is 1.66. The molecule has 0 aliphatic carbocycles. The molecule has 4 heteroatoms. The molecule has 0 aliphatic heterocycles. The molecule has 0 saturated heterocycles. The molecule has 0 amide bonds. The molecular formula is C11H14O3S. The van der Waals surface area contributed by atoms with Crippen molar-refractivity contribution >= 4 is 17.7 Å². The van der Waals surface area contributed by atoms with Crippen molar-refractivity contribution in [3.05, 3.63) is 24.3 Å². The number of carbonyl (C=O) groups is 1. The summed E-state index contributed by atoms with van der Waals surface area (Å²) in [4.78, 5) is 12.0. The smallest absolute Gasteiger partial charge is 0.308 e. The van der Waals surface area contributed by atoms with E-state index in [1.165, 1.54) is 7.11 Å². The largest absolute Gasteiger partial charge is 0.493 e. The van der Waals surface area contributed by atoms with Crippen molar-refractivity contribution in [3.8, 4) is 5.75 Å². The van der Waals surface area contributed by atoms with Gasteiger partial charge in [0.15, 0.2) is 0 Å². The molecule has 3 nitrogen and oxygen atoms in total. The highest BCUT2D eigenvalue weighted by molar-refractivity contribution is 7.98. The summed E-state index contributed by atoms with van der Waals surface area (Å²) < 4.78 is 9.92. The van der Waals surface area contributed by atoms with E-state index < -0.39 is 0 Å². The number of hydrogen-bond donors (Lipinski definition) is 0. The molecule has 82 valence electrons. The average molecular weight is 226 g/mol. The normalized spacial score (nSPS) is 9.73. The second kappa shape index (κ2) is 6.35. The highest BCUT2D eigenvalue weighted by Crippen LogP contribution is 2.20. The maximum Gasteiger partial charge on any atom is 0.308 e. The Hall–Kier alpha value is -1.16. The van der Waals surface area contributed by atoms with Crippen molar-refractivity contribution < 1.29 is 14.3 Å². The van der Waals surface area contributed by atoms with Crippen molar-refractivity contribution in [1.29, 1.82) is 0 Å². The Balaban J connectivity index is 2.40. The second-order valence-electron chi connectivity index (χ2n) is 2.85. The van der Waals surface area contributed by atoms with Crippen LogP contribution in [0.3, 0.4) is 0 Å². The number of benzene rings is 1. The topological polar surface area (TPSA) is 35.5 Å². The Morgan fingerprint density at radius 1 is 1.47 bits per heavy atom. The number of esters is 1. The summed E-state index contributed by atoms with van der Waals surface area (Å²) in [6.45, 7) is 0.352. The molecule has 0 aliphatic rings. The van der Waals surface area contributed by atoms with Crippen molar-refractivity contribution in [2.75, 3.05) is 20.0 Å². The van der Waals surface area contributed by atoms with Crippen LogP contribution in [0.2, 0.25) is 0 Å². The minimum atomic E-state index is -0.254. The maximum atomic E-state index is 10.8. The van der Waals surface area contributed by atoms with Crippen LogP contribution in [0.15, 0.2) is 29.2 Å². The highest BCUT2D eigenvalue weighted by Gasteiger charge is 2.01. The van der Waals surface area contributed by atoms with E-state index in [1.54, 1.807) is 11.8 Å². The first-order valence-corrected chi connectivity index (χ1v) is 5.82. The van der Waals surface area contributed by atoms with E-state index in [9.17, 15) is 4.79 Å². The first-order chi connectivity index (χ1) is 7.26. The van der Waals surface area contributed by atoms with Crippen molar-refractivity contribution in [2.24, 2.45) is 0 Å². The van der Waals surface area contributed by atoms with Crippen LogP contribution in [0.25, 0.3) is 0 Å². The van der Waals surface area contributed by atoms with E-state index in [4.69, 9.17) is 4.74 Å². The fourth-order valence-corrected chi connectivity index (χ4v) is 1.49. The predicted octanol–water partition coefficient (Wildman–Crippen LogP) is 2.35. The summed E-state index contributed by atoms with van der Waals surface area (Å²) in [5.41, 5.74) is 0. The molecular weight excluding hydrogens is 212 g/mol. The third kappa shape index (κ3) is 4.25. The molecule has 0 aromatic heterocycles. The monoisotopic (exact) mass is 226 g/mol. The van der Waals surface area contributed by atoms with Crippen LogP contribution in [0.5, 0.6) is 5.75 Å². The standard InChI is InChI=1S/C11H14O3S/c1-13-11(12)6-7-14-9-4-3-5-10(8-9)15-2/h3-5,8H,6-7H2,1-2H3. The van der Waals surface area contributed by atoms with Gasteiger partial charge in [-0.3, -0.25) is 4.79 Å². The van der Waals surface area contributed by atoms with Gasteiger partial charge in [-0.2, -0.15) is 0 Å². The Morgan fingerprint density at radius 3 is 2.93 bits per heavy atom. The number of carbonyl (C=O) groups excluding carboxylic acids is 1. The lowest BCUT2D eigenvalue weighted by atomic mass is 10.3. The Labute approximate surface area is 93.8 Å². The Kier molecular flexibility index (Phi) is 5.04. The number of rotatable bonds is 5. The van der Waals surface area contributed by atoms with Gasteiger partial charge < -0.3 is 9.47 Å². The predicted molar refractivity (Wildman–Crippen MR) is 60.4 cm³/mol. The molecule has 1 rings (SSSR count). The van der Waals surface area contributed by atoms with Crippen LogP contribution < -0.4 is 4.74 Å². The second-order valence-corrected chi connectivity index (χ2v) is 3.73. The summed E-state index contributed by atoms with van der Waals surface area (Å²) in [6, 6.07) is 7.76. The third-order valence-electron chi connectivity index (χ3n) is 1.84. The zero-order chi connectivity index (χ0) is 11.1.